The van der Waals surface area contributed by atoms with Crippen LogP contribution in [0.5, 0.6) is 0 Å². The van der Waals surface area contributed by atoms with Crippen molar-refractivity contribution in [3.8, 4) is 22.5 Å². The Morgan fingerprint density at radius 3 is 1.36 bits per heavy atom. The summed E-state index contributed by atoms with van der Waals surface area (Å²) in [6.45, 7) is 0. The molecule has 0 unspecified atom stereocenters. The lowest BCUT2D eigenvalue weighted by Crippen LogP contribution is -2.10. The molecule has 1 aliphatic carbocycles. The van der Waals surface area contributed by atoms with E-state index in [2.05, 4.69) is 58.7 Å². The van der Waals surface area contributed by atoms with Crippen LogP contribution in [0.2, 0.25) is 0 Å². The Bertz CT molecular complexity index is 711. The van der Waals surface area contributed by atoms with E-state index in [1.807, 2.05) is 12.1 Å². The van der Waals surface area contributed by atoms with Gasteiger partial charge in [-0.05, 0) is 36.8 Å². The Morgan fingerprint density at radius 1 is 0.545 bits per heavy atom. The molecule has 0 aliphatic heterocycles. The van der Waals surface area contributed by atoms with E-state index in [0.717, 1.165) is 24.2 Å². The van der Waals surface area contributed by atoms with Gasteiger partial charge in [-0.2, -0.15) is 0 Å². The summed E-state index contributed by atoms with van der Waals surface area (Å²) in [6.07, 6.45) is 4.70. The average Bonchev–Trinajstić information content (AvgIpc) is 2.62. The van der Waals surface area contributed by atoms with Gasteiger partial charge >= 0.3 is 0 Å². The molecule has 108 valence electrons. The first-order chi connectivity index (χ1) is 10.9. The van der Waals surface area contributed by atoms with Gasteiger partial charge in [-0.25, -0.2) is 0 Å². The highest BCUT2D eigenvalue weighted by molar-refractivity contribution is 5.71. The summed E-state index contributed by atoms with van der Waals surface area (Å²) in [7, 11) is 0. The minimum absolute atomic E-state index is 1.06. The largest absolute Gasteiger partial charge is 0.150 e. The molecular weight excluding hydrogens is 268 g/mol. The SMILES string of the molecule is c1ccc(-c2nnc(-c3ccccc3)c3c2CCCC3)cc1. The third-order valence-electron chi connectivity index (χ3n) is 4.38. The molecule has 2 aromatic carbocycles. The van der Waals surface area contributed by atoms with Gasteiger partial charge < -0.3 is 0 Å². The second-order valence-corrected chi connectivity index (χ2v) is 5.79. The molecule has 0 N–H and O–H groups in total. The number of hydrogen-bond donors (Lipinski definition) is 0. The molecule has 0 spiro atoms. The van der Waals surface area contributed by atoms with Gasteiger partial charge in [0.1, 0.15) is 0 Å². The van der Waals surface area contributed by atoms with Crippen molar-refractivity contribution in [1.29, 1.82) is 0 Å². The summed E-state index contributed by atoms with van der Waals surface area (Å²) in [5, 5.41) is 9.18. The maximum atomic E-state index is 4.59. The fraction of sp³-hybridized carbons (Fsp3) is 0.200. The van der Waals surface area contributed by atoms with E-state index in [1.54, 1.807) is 0 Å². The van der Waals surface area contributed by atoms with Crippen LogP contribution in [-0.4, -0.2) is 10.2 Å². The van der Waals surface area contributed by atoms with Gasteiger partial charge in [-0.3, -0.25) is 0 Å². The minimum atomic E-state index is 1.06. The summed E-state index contributed by atoms with van der Waals surface area (Å²) in [5.74, 6) is 0. The average molecular weight is 286 g/mol. The Hall–Kier alpha value is -2.48. The Balaban J connectivity index is 1.91. The predicted octanol–water partition coefficient (Wildman–Crippen LogP) is 4.69. The maximum absolute atomic E-state index is 4.59. The number of fused-ring (bicyclic) bond motifs is 1. The van der Waals surface area contributed by atoms with Crippen LogP contribution in [-0.2, 0) is 12.8 Å². The Morgan fingerprint density at radius 2 is 0.955 bits per heavy atom. The zero-order valence-electron chi connectivity index (χ0n) is 12.5. The van der Waals surface area contributed by atoms with Gasteiger partial charge in [0.05, 0.1) is 11.4 Å². The van der Waals surface area contributed by atoms with Crippen molar-refractivity contribution >= 4 is 0 Å². The number of aromatic nitrogens is 2. The van der Waals surface area contributed by atoms with Crippen LogP contribution in [0, 0.1) is 0 Å². The summed E-state index contributed by atoms with van der Waals surface area (Å²) in [6, 6.07) is 20.9. The molecule has 1 heterocycles. The third kappa shape index (κ3) is 2.31. The van der Waals surface area contributed by atoms with Crippen molar-refractivity contribution in [2.45, 2.75) is 25.7 Å². The Kier molecular flexibility index (Phi) is 3.43. The van der Waals surface area contributed by atoms with Crippen molar-refractivity contribution in [2.75, 3.05) is 0 Å². The van der Waals surface area contributed by atoms with E-state index >= 15 is 0 Å². The molecule has 1 aromatic heterocycles. The van der Waals surface area contributed by atoms with Crippen LogP contribution in [0.15, 0.2) is 60.7 Å². The molecule has 0 saturated heterocycles. The summed E-state index contributed by atoms with van der Waals surface area (Å²) < 4.78 is 0. The zero-order valence-corrected chi connectivity index (χ0v) is 12.5. The van der Waals surface area contributed by atoms with Crippen molar-refractivity contribution in [2.24, 2.45) is 0 Å². The molecule has 3 aromatic rings. The van der Waals surface area contributed by atoms with Gasteiger partial charge in [0.25, 0.3) is 0 Å². The molecule has 2 nitrogen and oxygen atoms in total. The summed E-state index contributed by atoms with van der Waals surface area (Å²) in [5.41, 5.74) is 7.27. The topological polar surface area (TPSA) is 25.8 Å². The van der Waals surface area contributed by atoms with E-state index in [-0.39, 0.29) is 0 Å². The molecule has 0 amide bonds. The lowest BCUT2D eigenvalue weighted by molar-refractivity contribution is 0.678. The predicted molar refractivity (Wildman–Crippen MR) is 89.5 cm³/mol. The smallest absolute Gasteiger partial charge is 0.0964 e. The van der Waals surface area contributed by atoms with Crippen molar-refractivity contribution in [3.63, 3.8) is 0 Å². The fourth-order valence-corrected chi connectivity index (χ4v) is 3.30. The lowest BCUT2D eigenvalue weighted by atomic mass is 9.86. The third-order valence-corrected chi connectivity index (χ3v) is 4.38. The zero-order chi connectivity index (χ0) is 14.8. The van der Waals surface area contributed by atoms with E-state index in [4.69, 9.17) is 0 Å². The molecule has 0 atom stereocenters. The van der Waals surface area contributed by atoms with Crippen molar-refractivity contribution < 1.29 is 0 Å². The van der Waals surface area contributed by atoms with Gasteiger partial charge in [0.2, 0.25) is 0 Å². The van der Waals surface area contributed by atoms with E-state index < -0.39 is 0 Å². The monoisotopic (exact) mass is 286 g/mol. The number of hydrogen-bond acceptors (Lipinski definition) is 2. The Labute approximate surface area is 130 Å². The summed E-state index contributed by atoms with van der Waals surface area (Å²) >= 11 is 0. The van der Waals surface area contributed by atoms with Gasteiger partial charge in [0, 0.05) is 11.1 Å². The minimum Gasteiger partial charge on any atom is -0.150 e. The number of benzene rings is 2. The van der Waals surface area contributed by atoms with Gasteiger partial charge in [-0.15, -0.1) is 10.2 Å². The van der Waals surface area contributed by atoms with Crippen LogP contribution in [0.1, 0.15) is 24.0 Å². The molecule has 22 heavy (non-hydrogen) atoms. The normalized spacial score (nSPS) is 13.6. The number of rotatable bonds is 2. The fourth-order valence-electron chi connectivity index (χ4n) is 3.30. The van der Waals surface area contributed by atoms with E-state index in [9.17, 15) is 0 Å². The quantitative estimate of drug-likeness (QED) is 0.683. The lowest BCUT2D eigenvalue weighted by Gasteiger charge is -2.21. The summed E-state index contributed by atoms with van der Waals surface area (Å²) in [4.78, 5) is 0. The highest BCUT2D eigenvalue weighted by atomic mass is 15.1. The molecule has 0 saturated carbocycles. The van der Waals surface area contributed by atoms with E-state index in [0.29, 0.717) is 0 Å². The first kappa shape index (κ1) is 13.2. The van der Waals surface area contributed by atoms with Crippen LogP contribution < -0.4 is 0 Å². The first-order valence-electron chi connectivity index (χ1n) is 7.93. The molecule has 0 radical (unpaired) electrons. The van der Waals surface area contributed by atoms with E-state index in [1.165, 1.54) is 35.1 Å². The molecule has 0 bridgehead atoms. The second kappa shape index (κ2) is 5.72. The standard InChI is InChI=1S/C20H18N2/c1-3-9-15(10-4-1)19-17-13-7-8-14-18(17)20(22-21-19)16-11-5-2-6-12-16/h1-6,9-12H,7-8,13-14H2. The molecule has 2 heteroatoms. The molecule has 1 aliphatic rings. The van der Waals surface area contributed by atoms with Crippen LogP contribution in [0.25, 0.3) is 22.5 Å². The first-order valence-corrected chi connectivity index (χ1v) is 7.93. The molecular formula is C20H18N2. The molecule has 4 rings (SSSR count). The van der Waals surface area contributed by atoms with Crippen LogP contribution >= 0.6 is 0 Å². The van der Waals surface area contributed by atoms with Crippen LogP contribution in [0.4, 0.5) is 0 Å². The molecule has 0 fully saturated rings. The second-order valence-electron chi connectivity index (χ2n) is 5.79. The highest BCUT2D eigenvalue weighted by Gasteiger charge is 2.20. The number of nitrogens with zero attached hydrogens (tertiary/aromatic N) is 2. The maximum Gasteiger partial charge on any atom is 0.0964 e. The van der Waals surface area contributed by atoms with Gasteiger partial charge in [-0.1, -0.05) is 60.7 Å². The van der Waals surface area contributed by atoms with Crippen molar-refractivity contribution in [1.82, 2.24) is 10.2 Å². The highest BCUT2D eigenvalue weighted by Crippen LogP contribution is 2.34. The van der Waals surface area contributed by atoms with Crippen LogP contribution in [0.3, 0.4) is 0 Å². The van der Waals surface area contributed by atoms with Gasteiger partial charge in [0.15, 0.2) is 0 Å². The van der Waals surface area contributed by atoms with Crippen molar-refractivity contribution in [3.05, 3.63) is 71.8 Å².